The summed E-state index contributed by atoms with van der Waals surface area (Å²) in [6, 6.07) is 3.40. The van der Waals surface area contributed by atoms with Gasteiger partial charge in [-0.05, 0) is 18.6 Å². The topological polar surface area (TPSA) is 62.5 Å². The van der Waals surface area contributed by atoms with Crippen LogP contribution in [0.2, 0.25) is 0 Å². The van der Waals surface area contributed by atoms with Crippen LogP contribution in [-0.2, 0) is 4.79 Å². The number of pyridine rings is 1. The summed E-state index contributed by atoms with van der Waals surface area (Å²) in [7, 11) is 0. The average molecular weight is 296 g/mol. The maximum Gasteiger partial charge on any atom is 0.251 e. The molecule has 1 aromatic heterocycles. The van der Waals surface area contributed by atoms with Gasteiger partial charge in [-0.3, -0.25) is 4.79 Å². The highest BCUT2D eigenvalue weighted by atomic mass is 19.3. The minimum atomic E-state index is -2.61. The second kappa shape index (κ2) is 5.13. The number of nitrogens with two attached hydrogens (primary N) is 1. The molecule has 21 heavy (non-hydrogen) atoms. The van der Waals surface area contributed by atoms with Gasteiger partial charge in [0.2, 0.25) is 5.91 Å². The number of hydrogen-bond acceptors (Lipinski definition) is 4. The van der Waals surface area contributed by atoms with E-state index in [1.165, 1.54) is 0 Å². The predicted molar refractivity (Wildman–Crippen MR) is 76.6 cm³/mol. The number of rotatable bonds is 2. The largest absolute Gasteiger partial charge is 0.384 e. The molecular formula is C14H18F2N4O. The monoisotopic (exact) mass is 296 g/mol. The molecule has 2 N–H and O–H groups in total. The van der Waals surface area contributed by atoms with Gasteiger partial charge in [0, 0.05) is 38.9 Å². The Labute approximate surface area is 121 Å². The molecular weight excluding hydrogens is 278 g/mol. The molecule has 0 aromatic carbocycles. The molecule has 7 heteroatoms. The van der Waals surface area contributed by atoms with Crippen LogP contribution in [-0.4, -0.2) is 36.4 Å². The van der Waals surface area contributed by atoms with Crippen LogP contribution in [0, 0.1) is 0 Å². The zero-order chi connectivity index (χ0) is 15.0. The number of anilines is 3. The van der Waals surface area contributed by atoms with Gasteiger partial charge in [0.15, 0.2) is 5.82 Å². The van der Waals surface area contributed by atoms with Crippen molar-refractivity contribution in [3.05, 3.63) is 12.1 Å². The standard InChI is InChI=1S/C14H18F2N4O/c15-14(16)5-8-19(9-6-14)13-10(3-4-11(17)18-13)20-7-1-2-12(20)21/h3-4H,1-2,5-9H2,(H2,17,18). The van der Waals surface area contributed by atoms with Crippen molar-refractivity contribution in [3.8, 4) is 0 Å². The predicted octanol–water partition coefficient (Wildman–Crippen LogP) is 2.03. The first-order valence-electron chi connectivity index (χ1n) is 7.16. The number of nitrogens with zero attached hydrogens (tertiary/aromatic N) is 3. The number of carbonyl (C=O) groups excluding carboxylic acids is 1. The Kier molecular flexibility index (Phi) is 3.43. The molecule has 0 radical (unpaired) electrons. The van der Waals surface area contributed by atoms with E-state index in [4.69, 9.17) is 5.73 Å². The molecule has 0 bridgehead atoms. The summed E-state index contributed by atoms with van der Waals surface area (Å²) >= 11 is 0. The van der Waals surface area contributed by atoms with Crippen LogP contribution in [0.15, 0.2) is 12.1 Å². The zero-order valence-electron chi connectivity index (χ0n) is 11.7. The van der Waals surface area contributed by atoms with Gasteiger partial charge in [-0.2, -0.15) is 0 Å². The smallest absolute Gasteiger partial charge is 0.251 e. The molecule has 3 rings (SSSR count). The molecule has 0 atom stereocenters. The lowest BCUT2D eigenvalue weighted by Crippen LogP contribution is -2.40. The van der Waals surface area contributed by atoms with Crippen LogP contribution < -0.4 is 15.5 Å². The first kappa shape index (κ1) is 14.0. The summed E-state index contributed by atoms with van der Waals surface area (Å²) in [6.45, 7) is 1.08. The van der Waals surface area contributed by atoms with E-state index in [-0.39, 0.29) is 31.8 Å². The minimum Gasteiger partial charge on any atom is -0.384 e. The zero-order valence-corrected chi connectivity index (χ0v) is 11.7. The van der Waals surface area contributed by atoms with Crippen molar-refractivity contribution in [2.75, 3.05) is 35.2 Å². The highest BCUT2D eigenvalue weighted by molar-refractivity contribution is 5.98. The van der Waals surface area contributed by atoms with Gasteiger partial charge < -0.3 is 15.5 Å². The third kappa shape index (κ3) is 2.77. The van der Waals surface area contributed by atoms with Crippen LogP contribution in [0.1, 0.15) is 25.7 Å². The Bertz CT molecular complexity index is 554. The van der Waals surface area contributed by atoms with Gasteiger partial charge in [-0.15, -0.1) is 0 Å². The number of nitrogen functional groups attached to an aromatic ring is 1. The second-order valence-electron chi connectivity index (χ2n) is 5.57. The van der Waals surface area contributed by atoms with Crippen molar-refractivity contribution >= 4 is 23.2 Å². The van der Waals surface area contributed by atoms with Gasteiger partial charge in [0.05, 0.1) is 5.69 Å². The number of amides is 1. The number of aromatic nitrogens is 1. The Morgan fingerprint density at radius 2 is 1.90 bits per heavy atom. The molecule has 2 fully saturated rings. The molecule has 2 saturated heterocycles. The molecule has 0 spiro atoms. The van der Waals surface area contributed by atoms with E-state index in [2.05, 4.69) is 4.98 Å². The van der Waals surface area contributed by atoms with Crippen LogP contribution in [0.3, 0.4) is 0 Å². The van der Waals surface area contributed by atoms with Crippen molar-refractivity contribution in [2.45, 2.75) is 31.6 Å². The summed E-state index contributed by atoms with van der Waals surface area (Å²) in [6.07, 6.45) is 0.927. The van der Waals surface area contributed by atoms with Crippen molar-refractivity contribution in [1.82, 2.24) is 4.98 Å². The third-order valence-corrected chi connectivity index (χ3v) is 4.03. The van der Waals surface area contributed by atoms with E-state index in [9.17, 15) is 13.6 Å². The van der Waals surface area contributed by atoms with Crippen molar-refractivity contribution in [1.29, 1.82) is 0 Å². The fourth-order valence-corrected chi connectivity index (χ4v) is 2.85. The van der Waals surface area contributed by atoms with Gasteiger partial charge >= 0.3 is 0 Å². The van der Waals surface area contributed by atoms with E-state index in [1.807, 2.05) is 0 Å². The second-order valence-corrected chi connectivity index (χ2v) is 5.57. The Morgan fingerprint density at radius 3 is 2.52 bits per heavy atom. The number of carbonyl (C=O) groups is 1. The average Bonchev–Trinajstić information content (AvgIpc) is 2.85. The van der Waals surface area contributed by atoms with Crippen LogP contribution in [0.5, 0.6) is 0 Å². The molecule has 1 amide bonds. The maximum atomic E-state index is 13.3. The van der Waals surface area contributed by atoms with E-state index < -0.39 is 5.92 Å². The van der Waals surface area contributed by atoms with E-state index in [0.29, 0.717) is 30.3 Å². The molecule has 1 aromatic rings. The van der Waals surface area contributed by atoms with E-state index >= 15 is 0 Å². The Morgan fingerprint density at radius 1 is 1.19 bits per heavy atom. The van der Waals surface area contributed by atoms with Crippen LogP contribution in [0.4, 0.5) is 26.1 Å². The fourth-order valence-electron chi connectivity index (χ4n) is 2.85. The highest BCUT2D eigenvalue weighted by Crippen LogP contribution is 2.36. The molecule has 114 valence electrons. The highest BCUT2D eigenvalue weighted by Gasteiger charge is 2.36. The number of piperidine rings is 1. The number of halogens is 2. The SMILES string of the molecule is Nc1ccc(N2CCCC2=O)c(N2CCC(F)(F)CC2)n1. The molecule has 0 saturated carbocycles. The Hall–Kier alpha value is -1.92. The molecule has 2 aliphatic heterocycles. The van der Waals surface area contributed by atoms with E-state index in [1.54, 1.807) is 21.9 Å². The minimum absolute atomic E-state index is 0.0464. The van der Waals surface area contributed by atoms with Gasteiger partial charge in [0.25, 0.3) is 5.92 Å². The van der Waals surface area contributed by atoms with Gasteiger partial charge in [0.1, 0.15) is 5.82 Å². The maximum absolute atomic E-state index is 13.3. The normalized spacial score (nSPS) is 21.9. The fraction of sp³-hybridized carbons (Fsp3) is 0.571. The summed E-state index contributed by atoms with van der Waals surface area (Å²) in [4.78, 5) is 19.7. The summed E-state index contributed by atoms with van der Waals surface area (Å²) in [5, 5.41) is 0. The molecule has 2 aliphatic rings. The van der Waals surface area contributed by atoms with E-state index in [0.717, 1.165) is 6.42 Å². The third-order valence-electron chi connectivity index (χ3n) is 4.03. The summed E-state index contributed by atoms with van der Waals surface area (Å²) in [5.41, 5.74) is 6.41. The lowest BCUT2D eigenvalue weighted by atomic mass is 10.1. The lowest BCUT2D eigenvalue weighted by molar-refractivity contribution is -0.117. The van der Waals surface area contributed by atoms with Crippen molar-refractivity contribution in [2.24, 2.45) is 0 Å². The number of hydrogen-bond donors (Lipinski definition) is 1. The lowest BCUT2D eigenvalue weighted by Gasteiger charge is -2.34. The van der Waals surface area contributed by atoms with Crippen molar-refractivity contribution < 1.29 is 13.6 Å². The molecule has 5 nitrogen and oxygen atoms in total. The van der Waals surface area contributed by atoms with Gasteiger partial charge in [-0.1, -0.05) is 0 Å². The first-order valence-corrected chi connectivity index (χ1v) is 7.16. The summed E-state index contributed by atoms with van der Waals surface area (Å²) in [5.74, 6) is -1.69. The van der Waals surface area contributed by atoms with Gasteiger partial charge in [-0.25, -0.2) is 13.8 Å². The first-order chi connectivity index (χ1) is 9.96. The van der Waals surface area contributed by atoms with Crippen LogP contribution >= 0.6 is 0 Å². The molecule has 0 unspecified atom stereocenters. The van der Waals surface area contributed by atoms with Crippen molar-refractivity contribution in [3.63, 3.8) is 0 Å². The number of alkyl halides is 2. The van der Waals surface area contributed by atoms with Crippen LogP contribution in [0.25, 0.3) is 0 Å². The summed E-state index contributed by atoms with van der Waals surface area (Å²) < 4.78 is 26.6. The quantitative estimate of drug-likeness (QED) is 0.907. The Balaban J connectivity index is 1.90. The molecule has 3 heterocycles. The molecule has 0 aliphatic carbocycles.